The third-order valence-electron chi connectivity index (χ3n) is 8.27. The third kappa shape index (κ3) is 10.2. The topological polar surface area (TPSA) is 168 Å². The van der Waals surface area contributed by atoms with Gasteiger partial charge in [-0.05, 0) is 97.1 Å². The van der Waals surface area contributed by atoms with Gasteiger partial charge >= 0.3 is 24.7 Å². The van der Waals surface area contributed by atoms with E-state index in [1.54, 1.807) is 5.32 Å². The Labute approximate surface area is 328 Å². The predicted octanol–water partition coefficient (Wildman–Crippen LogP) is 9.94. The van der Waals surface area contributed by atoms with Crippen molar-refractivity contribution in [2.45, 2.75) is 24.7 Å². The molecule has 0 aliphatic carbocycles. The molecule has 5 rings (SSSR count). The zero-order chi connectivity index (χ0) is 44.5. The minimum Gasteiger partial charge on any atom is -0.399 e. The van der Waals surface area contributed by atoms with E-state index in [0.717, 1.165) is 60.7 Å². The van der Waals surface area contributed by atoms with Crippen LogP contribution in [0.5, 0.6) is 0 Å². The Bertz CT molecular complexity index is 2500. The van der Waals surface area contributed by atoms with E-state index in [2.05, 4.69) is 5.32 Å². The minimum atomic E-state index is -5.29. The average Bonchev–Trinajstić information content (AvgIpc) is 3.14. The number of nitrogen functional groups attached to an aromatic ring is 2. The monoisotopic (exact) mass is 856 g/mol. The first-order chi connectivity index (χ1) is 27.7. The van der Waals surface area contributed by atoms with Crippen LogP contribution < -0.4 is 32.7 Å². The van der Waals surface area contributed by atoms with Gasteiger partial charge in [0.15, 0.2) is 0 Å². The third-order valence-corrected chi connectivity index (χ3v) is 8.27. The summed E-state index contributed by atoms with van der Waals surface area (Å²) in [7, 11) is 0. The first kappa shape index (κ1) is 43.9. The molecule has 5 aromatic carbocycles. The smallest absolute Gasteiger partial charge is 0.399 e. The molecule has 0 saturated carbocycles. The molecule has 22 heteroatoms. The number of alkyl halides is 12. The first-order valence-electron chi connectivity index (χ1n) is 16.4. The normalized spacial score (nSPS) is 12.1. The quantitative estimate of drug-likeness (QED) is 0.0671. The van der Waals surface area contributed by atoms with Gasteiger partial charge in [0.1, 0.15) is 0 Å². The Hall–Kier alpha value is -7.26. The highest BCUT2D eigenvalue weighted by Gasteiger charge is 2.39. The number of nitrogens with one attached hydrogen (secondary N) is 4. The maximum atomic E-state index is 14.0. The number of nitrogens with two attached hydrogens (primary N) is 2. The number of rotatable bonds is 8. The van der Waals surface area contributed by atoms with Crippen molar-refractivity contribution in [2.75, 3.05) is 32.7 Å². The summed E-state index contributed by atoms with van der Waals surface area (Å²) in [5.74, 6) is -5.30. The Morgan fingerprint density at radius 1 is 0.367 bits per heavy atom. The van der Waals surface area contributed by atoms with E-state index in [4.69, 9.17) is 11.5 Å². The first-order valence-corrected chi connectivity index (χ1v) is 16.4. The zero-order valence-electron chi connectivity index (χ0n) is 29.6. The number of hydrogen-bond acceptors (Lipinski definition) is 6. The van der Waals surface area contributed by atoms with Crippen LogP contribution in [0, 0.1) is 0 Å². The van der Waals surface area contributed by atoms with E-state index in [1.165, 1.54) is 0 Å². The van der Waals surface area contributed by atoms with Crippen LogP contribution in [0.3, 0.4) is 0 Å². The van der Waals surface area contributed by atoms with E-state index >= 15 is 0 Å². The van der Waals surface area contributed by atoms with Crippen molar-refractivity contribution in [3.05, 3.63) is 142 Å². The van der Waals surface area contributed by atoms with Crippen molar-refractivity contribution < 1.29 is 71.9 Å². The Morgan fingerprint density at radius 2 is 0.700 bits per heavy atom. The van der Waals surface area contributed by atoms with Gasteiger partial charge in [0.05, 0.1) is 44.9 Å². The zero-order valence-corrected chi connectivity index (χ0v) is 29.6. The molecule has 0 atom stereocenters. The molecule has 0 bridgehead atoms. The fraction of sp³-hybridized carbons (Fsp3) is 0.105. The molecule has 60 heavy (non-hydrogen) atoms. The van der Waals surface area contributed by atoms with Crippen LogP contribution in [-0.4, -0.2) is 23.6 Å². The van der Waals surface area contributed by atoms with E-state index < -0.39 is 104 Å². The van der Waals surface area contributed by atoms with Crippen LogP contribution in [0.4, 0.5) is 86.8 Å². The lowest BCUT2D eigenvalue weighted by Gasteiger charge is -2.17. The van der Waals surface area contributed by atoms with E-state index in [-0.39, 0.29) is 28.7 Å². The average molecular weight is 857 g/mol. The number of amides is 4. The van der Waals surface area contributed by atoms with Gasteiger partial charge in [-0.25, -0.2) is 0 Å². The number of carbonyl (C=O) groups is 4. The molecule has 5 aromatic rings. The second-order valence-corrected chi connectivity index (χ2v) is 12.5. The standard InChI is InChI=1S/C38H24F12N6O4/c39-35(40,41)24-13-18(3-9-23(24)34(60)56-30-12-6-21(52)16-27(30)38(48,49)50)32(58)53-22-7-1-17(2-8-22)31(57)54-28-10-4-19(14-25(28)36(42,43)44)33(59)55-29-11-5-20(51)15-26(29)37(45,46)47/h1-16H,51-52H2,(H,53,58)(H,54,57)(H,55,59)(H,56,60). The highest BCUT2D eigenvalue weighted by molar-refractivity contribution is 6.10. The van der Waals surface area contributed by atoms with Crippen LogP contribution in [-0.2, 0) is 24.7 Å². The molecular weight excluding hydrogens is 832 g/mol. The molecule has 0 unspecified atom stereocenters. The molecule has 0 radical (unpaired) electrons. The molecule has 314 valence electrons. The van der Waals surface area contributed by atoms with Gasteiger partial charge in [0, 0.05) is 33.8 Å². The molecule has 0 saturated heterocycles. The van der Waals surface area contributed by atoms with Gasteiger partial charge in [-0.3, -0.25) is 19.2 Å². The van der Waals surface area contributed by atoms with Crippen molar-refractivity contribution in [1.82, 2.24) is 0 Å². The van der Waals surface area contributed by atoms with Gasteiger partial charge < -0.3 is 32.7 Å². The Morgan fingerprint density at radius 3 is 1.15 bits per heavy atom. The van der Waals surface area contributed by atoms with E-state index in [1.807, 2.05) is 10.6 Å². The molecule has 0 aliphatic heterocycles. The van der Waals surface area contributed by atoms with Crippen molar-refractivity contribution in [2.24, 2.45) is 0 Å². The number of halogens is 12. The minimum absolute atomic E-state index is 0.143. The lowest BCUT2D eigenvalue weighted by molar-refractivity contribution is -0.138. The lowest BCUT2D eigenvalue weighted by Crippen LogP contribution is -2.22. The van der Waals surface area contributed by atoms with E-state index in [0.29, 0.717) is 30.3 Å². The molecule has 0 heterocycles. The summed E-state index contributed by atoms with van der Waals surface area (Å²) in [6.07, 6.45) is -20.5. The molecule has 10 nitrogen and oxygen atoms in total. The molecule has 4 amide bonds. The predicted molar refractivity (Wildman–Crippen MR) is 193 cm³/mol. The van der Waals surface area contributed by atoms with Crippen LogP contribution in [0.15, 0.2) is 97.1 Å². The van der Waals surface area contributed by atoms with Gasteiger partial charge in [-0.2, -0.15) is 52.7 Å². The maximum Gasteiger partial charge on any atom is 0.418 e. The Kier molecular flexibility index (Phi) is 11.8. The summed E-state index contributed by atoms with van der Waals surface area (Å²) < 4.78 is 165. The maximum absolute atomic E-state index is 14.0. The van der Waals surface area contributed by atoms with Crippen molar-refractivity contribution in [3.63, 3.8) is 0 Å². The van der Waals surface area contributed by atoms with Crippen LogP contribution >= 0.6 is 0 Å². The molecule has 0 aromatic heterocycles. The van der Waals surface area contributed by atoms with Crippen molar-refractivity contribution in [1.29, 1.82) is 0 Å². The van der Waals surface area contributed by atoms with Crippen molar-refractivity contribution in [3.8, 4) is 0 Å². The van der Waals surface area contributed by atoms with Gasteiger partial charge in [0.25, 0.3) is 23.6 Å². The lowest BCUT2D eigenvalue weighted by atomic mass is 10.0. The Balaban J connectivity index is 1.30. The molecule has 0 spiro atoms. The highest BCUT2D eigenvalue weighted by Crippen LogP contribution is 2.40. The summed E-state index contributed by atoms with van der Waals surface area (Å²) in [5.41, 5.74) is -1.47. The number of carbonyl (C=O) groups excluding carboxylic acids is 4. The summed E-state index contributed by atoms with van der Waals surface area (Å²) in [4.78, 5) is 51.3. The summed E-state index contributed by atoms with van der Waals surface area (Å²) in [6, 6.07) is 12.0. The molecule has 8 N–H and O–H groups in total. The van der Waals surface area contributed by atoms with Gasteiger partial charge in [0.2, 0.25) is 0 Å². The van der Waals surface area contributed by atoms with E-state index in [9.17, 15) is 71.9 Å². The van der Waals surface area contributed by atoms with Crippen molar-refractivity contribution >= 4 is 57.8 Å². The summed E-state index contributed by atoms with van der Waals surface area (Å²) in [5, 5.41) is 7.87. The van der Waals surface area contributed by atoms with Gasteiger partial charge in [-0.1, -0.05) is 0 Å². The molecule has 0 aliphatic rings. The molecular formula is C38H24F12N6O4. The number of benzene rings is 5. The second kappa shape index (κ2) is 16.2. The van der Waals surface area contributed by atoms with Crippen LogP contribution in [0.25, 0.3) is 0 Å². The second-order valence-electron chi connectivity index (χ2n) is 12.5. The number of hydrogen-bond donors (Lipinski definition) is 6. The van der Waals surface area contributed by atoms with Crippen LogP contribution in [0.2, 0.25) is 0 Å². The SMILES string of the molecule is Nc1ccc(NC(=O)c2ccc(NC(=O)c3ccc(NC(=O)c4ccc(C(=O)Nc5ccc(N)cc5C(F)(F)F)c(C(F)(F)F)c4)cc3)c(C(F)(F)F)c2)c(C(F)(F)F)c1. The molecule has 0 fully saturated rings. The summed E-state index contributed by atoms with van der Waals surface area (Å²) in [6.45, 7) is 0. The fourth-order valence-electron chi connectivity index (χ4n) is 5.44. The number of anilines is 6. The van der Waals surface area contributed by atoms with Gasteiger partial charge in [-0.15, -0.1) is 0 Å². The fourth-order valence-corrected chi connectivity index (χ4v) is 5.44. The van der Waals surface area contributed by atoms with Crippen LogP contribution in [0.1, 0.15) is 63.7 Å². The summed E-state index contributed by atoms with van der Waals surface area (Å²) >= 11 is 0. The highest BCUT2D eigenvalue weighted by atomic mass is 19.4. The largest absolute Gasteiger partial charge is 0.418 e.